The zero-order valence-corrected chi connectivity index (χ0v) is 21.6. The number of anilines is 1. The van der Waals surface area contributed by atoms with Gasteiger partial charge in [-0.2, -0.15) is 0 Å². The third-order valence-electron chi connectivity index (χ3n) is 6.18. The number of amides is 2. The molecule has 37 heavy (non-hydrogen) atoms. The molecule has 2 N–H and O–H groups in total. The first kappa shape index (κ1) is 26.2. The van der Waals surface area contributed by atoms with E-state index in [9.17, 15) is 9.59 Å². The first-order valence-electron chi connectivity index (χ1n) is 12.4. The van der Waals surface area contributed by atoms with Gasteiger partial charge in [0, 0.05) is 18.7 Å². The van der Waals surface area contributed by atoms with Crippen LogP contribution in [0.25, 0.3) is 0 Å². The van der Waals surface area contributed by atoms with Crippen molar-refractivity contribution in [2.75, 3.05) is 31.6 Å². The molecule has 3 aromatic carbocycles. The van der Waals surface area contributed by atoms with Gasteiger partial charge in [-0.05, 0) is 79.5 Å². The van der Waals surface area contributed by atoms with Gasteiger partial charge >= 0.3 is 0 Å². The Morgan fingerprint density at radius 1 is 0.865 bits per heavy atom. The van der Waals surface area contributed by atoms with Gasteiger partial charge in [-0.1, -0.05) is 37.3 Å². The van der Waals surface area contributed by atoms with E-state index in [4.69, 9.17) is 21.7 Å². The lowest BCUT2D eigenvalue weighted by Crippen LogP contribution is -2.39. The molecule has 0 aliphatic carbocycles. The second-order valence-electron chi connectivity index (χ2n) is 8.96. The lowest BCUT2D eigenvalue weighted by Gasteiger charge is -2.30. The summed E-state index contributed by atoms with van der Waals surface area (Å²) in [6.07, 6.45) is 2.00. The average Bonchev–Trinajstić information content (AvgIpc) is 2.92. The zero-order chi connectivity index (χ0) is 26.0. The molecule has 1 heterocycles. The minimum atomic E-state index is -0.356. The molecule has 3 aromatic rings. The Bertz CT molecular complexity index is 1210. The third kappa shape index (κ3) is 7.54. The number of rotatable bonds is 8. The standard InChI is InChI=1S/C29H31N3O4S/c1-21-15-17-32(18-16-21)28(34)25-9-5-6-10-26(25)30-29(37)31-27(33)22-11-13-24(14-12-22)36-20-19-35-23-7-3-2-4-8-23/h2-14,21H,15-20H2,1H3,(H2,30,31,33,37). The molecule has 4 rings (SSSR count). The molecule has 192 valence electrons. The van der Waals surface area contributed by atoms with Crippen molar-refractivity contribution >= 4 is 34.8 Å². The van der Waals surface area contributed by atoms with Gasteiger partial charge in [0.05, 0.1) is 11.3 Å². The number of likely N-dealkylation sites (tertiary alicyclic amines) is 1. The van der Waals surface area contributed by atoms with Crippen LogP contribution in [0, 0.1) is 5.92 Å². The number of nitrogens with one attached hydrogen (secondary N) is 2. The Kier molecular flexibility index (Phi) is 9.10. The highest BCUT2D eigenvalue weighted by Gasteiger charge is 2.23. The van der Waals surface area contributed by atoms with Crippen LogP contribution in [-0.4, -0.2) is 48.1 Å². The van der Waals surface area contributed by atoms with Gasteiger partial charge in [0.2, 0.25) is 0 Å². The maximum Gasteiger partial charge on any atom is 0.257 e. The molecule has 1 aliphatic rings. The molecule has 2 amide bonds. The number of thiocarbonyl (C=S) groups is 1. The molecule has 0 unspecified atom stereocenters. The van der Waals surface area contributed by atoms with E-state index < -0.39 is 0 Å². The van der Waals surface area contributed by atoms with Crippen molar-refractivity contribution in [3.05, 3.63) is 90.0 Å². The van der Waals surface area contributed by atoms with E-state index in [2.05, 4.69) is 17.6 Å². The van der Waals surface area contributed by atoms with Gasteiger partial charge in [0.25, 0.3) is 11.8 Å². The second kappa shape index (κ2) is 12.9. The predicted octanol–water partition coefficient (Wildman–Crippen LogP) is 5.14. The van der Waals surface area contributed by atoms with Crippen LogP contribution in [0.1, 0.15) is 40.5 Å². The molecule has 0 spiro atoms. The van der Waals surface area contributed by atoms with Gasteiger partial charge in [-0.15, -0.1) is 0 Å². The number of nitrogens with zero attached hydrogens (tertiary/aromatic N) is 1. The lowest BCUT2D eigenvalue weighted by molar-refractivity contribution is 0.0698. The van der Waals surface area contributed by atoms with Gasteiger partial charge in [0.15, 0.2) is 5.11 Å². The minimum absolute atomic E-state index is 0.0334. The molecule has 8 heteroatoms. The van der Waals surface area contributed by atoms with Crippen LogP contribution in [0.15, 0.2) is 78.9 Å². The fourth-order valence-electron chi connectivity index (χ4n) is 4.03. The summed E-state index contributed by atoms with van der Waals surface area (Å²) >= 11 is 5.36. The van der Waals surface area contributed by atoms with E-state index in [0.29, 0.717) is 41.7 Å². The fourth-order valence-corrected chi connectivity index (χ4v) is 4.23. The van der Waals surface area contributed by atoms with Crippen LogP contribution in [0.3, 0.4) is 0 Å². The van der Waals surface area contributed by atoms with Crippen LogP contribution < -0.4 is 20.1 Å². The number of ether oxygens (including phenoxy) is 2. The van der Waals surface area contributed by atoms with E-state index in [0.717, 1.165) is 31.7 Å². The summed E-state index contributed by atoms with van der Waals surface area (Å²) in [5.41, 5.74) is 1.54. The van der Waals surface area contributed by atoms with Gasteiger partial charge in [-0.25, -0.2) is 0 Å². The van der Waals surface area contributed by atoms with E-state index in [1.54, 1.807) is 36.4 Å². The predicted molar refractivity (Wildman–Crippen MR) is 148 cm³/mol. The highest BCUT2D eigenvalue weighted by atomic mass is 32.1. The number of carbonyl (C=O) groups is 2. The summed E-state index contributed by atoms with van der Waals surface area (Å²) in [7, 11) is 0. The highest BCUT2D eigenvalue weighted by Crippen LogP contribution is 2.22. The highest BCUT2D eigenvalue weighted by molar-refractivity contribution is 7.80. The summed E-state index contributed by atoms with van der Waals surface area (Å²) in [6, 6.07) is 23.5. The quantitative estimate of drug-likeness (QED) is 0.318. The molecule has 7 nitrogen and oxygen atoms in total. The topological polar surface area (TPSA) is 79.9 Å². The number of piperidine rings is 1. The Hall–Kier alpha value is -3.91. The molecule has 1 saturated heterocycles. The summed E-state index contributed by atoms with van der Waals surface area (Å²) in [6.45, 7) is 4.49. The number of carbonyl (C=O) groups excluding carboxylic acids is 2. The van der Waals surface area contributed by atoms with Crippen molar-refractivity contribution in [2.45, 2.75) is 19.8 Å². The third-order valence-corrected chi connectivity index (χ3v) is 6.39. The van der Waals surface area contributed by atoms with Crippen LogP contribution in [-0.2, 0) is 0 Å². The van der Waals surface area contributed by atoms with Crippen LogP contribution in [0.5, 0.6) is 11.5 Å². The molecular formula is C29H31N3O4S. The number of benzene rings is 3. The SMILES string of the molecule is CC1CCN(C(=O)c2ccccc2NC(=S)NC(=O)c2ccc(OCCOc3ccccc3)cc2)CC1. The van der Waals surface area contributed by atoms with Gasteiger partial charge < -0.3 is 19.7 Å². The van der Waals surface area contributed by atoms with Gasteiger partial charge in [0.1, 0.15) is 24.7 Å². The lowest BCUT2D eigenvalue weighted by atomic mass is 9.98. The zero-order valence-electron chi connectivity index (χ0n) is 20.8. The van der Waals surface area contributed by atoms with E-state index in [1.165, 1.54) is 0 Å². The second-order valence-corrected chi connectivity index (χ2v) is 9.37. The first-order chi connectivity index (χ1) is 18.0. The summed E-state index contributed by atoms with van der Waals surface area (Å²) in [4.78, 5) is 27.7. The normalized spacial score (nSPS) is 13.5. The molecule has 0 aromatic heterocycles. The van der Waals surface area contributed by atoms with Crippen molar-refractivity contribution in [3.63, 3.8) is 0 Å². The summed E-state index contributed by atoms with van der Waals surface area (Å²) in [5, 5.41) is 5.82. The van der Waals surface area contributed by atoms with Crippen molar-refractivity contribution in [3.8, 4) is 11.5 Å². The largest absolute Gasteiger partial charge is 0.490 e. The van der Waals surface area contributed by atoms with Crippen molar-refractivity contribution in [1.29, 1.82) is 0 Å². The average molecular weight is 518 g/mol. The number of hydrogen-bond donors (Lipinski definition) is 2. The van der Waals surface area contributed by atoms with Crippen LogP contribution in [0.2, 0.25) is 0 Å². The summed E-state index contributed by atoms with van der Waals surface area (Å²) in [5.74, 6) is 1.66. The number of para-hydroxylation sites is 2. The number of hydrogen-bond acceptors (Lipinski definition) is 5. The molecule has 0 bridgehead atoms. The van der Waals surface area contributed by atoms with Crippen molar-refractivity contribution in [2.24, 2.45) is 5.92 Å². The minimum Gasteiger partial charge on any atom is -0.490 e. The van der Waals surface area contributed by atoms with Crippen LogP contribution in [0.4, 0.5) is 5.69 Å². The molecule has 0 atom stereocenters. The van der Waals surface area contributed by atoms with Crippen molar-refractivity contribution < 1.29 is 19.1 Å². The molecular weight excluding hydrogens is 486 g/mol. The fraction of sp³-hybridized carbons (Fsp3) is 0.276. The maximum absolute atomic E-state index is 13.1. The maximum atomic E-state index is 13.1. The molecule has 0 radical (unpaired) electrons. The molecule has 0 saturated carbocycles. The monoisotopic (exact) mass is 517 g/mol. The summed E-state index contributed by atoms with van der Waals surface area (Å²) < 4.78 is 11.3. The molecule has 1 fully saturated rings. The first-order valence-corrected chi connectivity index (χ1v) is 12.8. The molecule has 1 aliphatic heterocycles. The van der Waals surface area contributed by atoms with E-state index in [1.807, 2.05) is 47.4 Å². The Morgan fingerprint density at radius 2 is 1.46 bits per heavy atom. The Labute approximate surface area is 222 Å². The Morgan fingerprint density at radius 3 is 2.14 bits per heavy atom. The van der Waals surface area contributed by atoms with E-state index >= 15 is 0 Å². The van der Waals surface area contributed by atoms with Crippen LogP contribution >= 0.6 is 12.2 Å². The Balaban J connectivity index is 1.27. The smallest absolute Gasteiger partial charge is 0.257 e. The van der Waals surface area contributed by atoms with E-state index in [-0.39, 0.29) is 16.9 Å². The van der Waals surface area contributed by atoms with Crippen molar-refractivity contribution in [1.82, 2.24) is 10.2 Å². The van der Waals surface area contributed by atoms with Gasteiger partial charge in [-0.3, -0.25) is 14.9 Å².